The summed E-state index contributed by atoms with van der Waals surface area (Å²) < 4.78 is 5.49. The number of hydrogen-bond donors (Lipinski definition) is 1. The van der Waals surface area contributed by atoms with E-state index in [1.165, 1.54) is 0 Å². The van der Waals surface area contributed by atoms with E-state index in [-0.39, 0.29) is 5.91 Å². The molecule has 0 bridgehead atoms. The van der Waals surface area contributed by atoms with Gasteiger partial charge in [0.05, 0.1) is 18.7 Å². The van der Waals surface area contributed by atoms with Crippen LogP contribution in [0.1, 0.15) is 33.1 Å². The Morgan fingerprint density at radius 2 is 2.20 bits per heavy atom. The molecule has 1 amide bonds. The van der Waals surface area contributed by atoms with Gasteiger partial charge in [0.1, 0.15) is 5.60 Å². The van der Waals surface area contributed by atoms with Crippen LogP contribution in [0.5, 0.6) is 0 Å². The summed E-state index contributed by atoms with van der Waals surface area (Å²) >= 11 is 0. The molecule has 4 nitrogen and oxygen atoms in total. The lowest BCUT2D eigenvalue weighted by atomic mass is 9.88. The topological polar surface area (TPSA) is 49.8 Å². The molecular formula is C11H19NO3. The maximum Gasteiger partial charge on any atom is 0.254 e. The lowest BCUT2D eigenvalue weighted by Crippen LogP contribution is -2.66. The number of β-amino-alcohol motifs (C(OH)–C–C–N with tert-alkyl or cyclic N) is 1. The smallest absolute Gasteiger partial charge is 0.254 e. The number of carbonyl (C=O) groups is 1. The maximum absolute atomic E-state index is 12.0. The molecule has 86 valence electrons. The molecule has 4 heteroatoms. The van der Waals surface area contributed by atoms with Crippen LogP contribution in [-0.4, -0.2) is 46.8 Å². The van der Waals surface area contributed by atoms with Gasteiger partial charge in [-0.2, -0.15) is 0 Å². The minimum Gasteiger partial charge on any atom is -0.386 e. The lowest BCUT2D eigenvalue weighted by molar-refractivity contribution is -0.173. The van der Waals surface area contributed by atoms with Crippen molar-refractivity contribution in [3.63, 3.8) is 0 Å². The Balaban J connectivity index is 1.94. The highest BCUT2D eigenvalue weighted by atomic mass is 16.5. The van der Waals surface area contributed by atoms with Crippen LogP contribution in [0.15, 0.2) is 0 Å². The number of nitrogens with zero attached hydrogens (tertiary/aromatic N) is 1. The predicted molar refractivity (Wildman–Crippen MR) is 55.4 cm³/mol. The van der Waals surface area contributed by atoms with E-state index in [9.17, 15) is 9.90 Å². The third-order valence-electron chi connectivity index (χ3n) is 3.59. The molecule has 0 spiro atoms. The van der Waals surface area contributed by atoms with Gasteiger partial charge in [0.2, 0.25) is 0 Å². The Morgan fingerprint density at radius 3 is 2.67 bits per heavy atom. The minimum atomic E-state index is -0.648. The summed E-state index contributed by atoms with van der Waals surface area (Å²) in [5.74, 6) is 0.0399. The second-order valence-electron chi connectivity index (χ2n) is 4.92. The number of aliphatic hydroxyl groups is 1. The fraction of sp³-hybridized carbons (Fsp3) is 0.909. The fourth-order valence-electron chi connectivity index (χ4n) is 2.31. The number of amides is 1. The van der Waals surface area contributed by atoms with Crippen molar-refractivity contribution < 1.29 is 14.6 Å². The Hall–Kier alpha value is -0.610. The molecule has 0 aromatic heterocycles. The Kier molecular flexibility index (Phi) is 2.51. The van der Waals surface area contributed by atoms with Crippen molar-refractivity contribution in [2.75, 3.05) is 19.7 Å². The van der Waals surface area contributed by atoms with E-state index in [0.717, 1.165) is 12.8 Å². The highest BCUT2D eigenvalue weighted by Gasteiger charge is 2.49. The number of carbonyl (C=O) groups excluding carboxylic acids is 1. The van der Waals surface area contributed by atoms with Gasteiger partial charge in [-0.05, 0) is 26.2 Å². The third kappa shape index (κ3) is 1.76. The van der Waals surface area contributed by atoms with Gasteiger partial charge in [-0.1, -0.05) is 6.92 Å². The van der Waals surface area contributed by atoms with E-state index in [1.807, 2.05) is 13.8 Å². The Bertz CT molecular complexity index is 265. The monoisotopic (exact) mass is 213 g/mol. The molecule has 0 aromatic rings. The summed E-state index contributed by atoms with van der Waals surface area (Å²) in [7, 11) is 0. The van der Waals surface area contributed by atoms with Gasteiger partial charge in [-0.25, -0.2) is 0 Å². The van der Waals surface area contributed by atoms with E-state index in [2.05, 4.69) is 0 Å². The molecule has 2 saturated heterocycles. The van der Waals surface area contributed by atoms with Crippen LogP contribution in [0.2, 0.25) is 0 Å². The second-order valence-corrected chi connectivity index (χ2v) is 4.92. The number of rotatable bonds is 2. The van der Waals surface area contributed by atoms with Crippen molar-refractivity contribution in [2.24, 2.45) is 0 Å². The summed E-state index contributed by atoms with van der Waals surface area (Å²) in [5, 5.41) is 9.83. The molecule has 0 aliphatic carbocycles. The van der Waals surface area contributed by atoms with Crippen LogP contribution >= 0.6 is 0 Å². The average Bonchev–Trinajstić information content (AvgIpc) is 2.60. The molecule has 2 fully saturated rings. The molecule has 15 heavy (non-hydrogen) atoms. The largest absolute Gasteiger partial charge is 0.386 e. The molecular weight excluding hydrogens is 194 g/mol. The zero-order valence-corrected chi connectivity index (χ0v) is 9.45. The van der Waals surface area contributed by atoms with Crippen LogP contribution in [-0.2, 0) is 9.53 Å². The summed E-state index contributed by atoms with van der Waals surface area (Å²) in [4.78, 5) is 13.7. The first kappa shape index (κ1) is 10.9. The molecule has 1 N–H and O–H groups in total. The number of ether oxygens (including phenoxy) is 1. The standard InChI is InChI=1S/C11H19NO3/c1-3-11(14)7-12(8-11)9(13)10(2)5-4-6-15-10/h14H,3-8H2,1-2H3. The molecule has 2 aliphatic rings. The summed E-state index contributed by atoms with van der Waals surface area (Å²) in [6.45, 7) is 5.39. The molecule has 2 heterocycles. The van der Waals surface area contributed by atoms with Gasteiger partial charge in [0.25, 0.3) is 5.91 Å². The second kappa shape index (κ2) is 3.46. The third-order valence-corrected chi connectivity index (χ3v) is 3.59. The highest BCUT2D eigenvalue weighted by Crippen LogP contribution is 2.32. The molecule has 0 radical (unpaired) electrons. The van der Waals surface area contributed by atoms with Gasteiger partial charge in [0, 0.05) is 6.61 Å². The van der Waals surface area contributed by atoms with E-state index in [4.69, 9.17) is 4.74 Å². The van der Waals surface area contributed by atoms with Crippen LogP contribution in [0, 0.1) is 0 Å². The first-order valence-electron chi connectivity index (χ1n) is 5.65. The summed E-state index contributed by atoms with van der Waals surface area (Å²) in [6, 6.07) is 0. The predicted octanol–water partition coefficient (Wildman–Crippen LogP) is 0.539. The molecule has 0 aromatic carbocycles. The molecule has 1 atom stereocenters. The van der Waals surface area contributed by atoms with Crippen molar-refractivity contribution >= 4 is 5.91 Å². The van der Waals surface area contributed by atoms with Gasteiger partial charge in [-0.15, -0.1) is 0 Å². The van der Waals surface area contributed by atoms with Crippen molar-refractivity contribution in [1.29, 1.82) is 0 Å². The molecule has 0 saturated carbocycles. The van der Waals surface area contributed by atoms with Gasteiger partial charge >= 0.3 is 0 Å². The van der Waals surface area contributed by atoms with E-state index in [1.54, 1.807) is 4.90 Å². The van der Waals surface area contributed by atoms with Crippen LogP contribution in [0.25, 0.3) is 0 Å². The molecule has 2 aliphatic heterocycles. The first-order chi connectivity index (χ1) is 6.99. The van der Waals surface area contributed by atoms with Crippen LogP contribution in [0.3, 0.4) is 0 Å². The van der Waals surface area contributed by atoms with Crippen LogP contribution in [0.4, 0.5) is 0 Å². The van der Waals surface area contributed by atoms with Crippen molar-refractivity contribution in [3.05, 3.63) is 0 Å². The zero-order chi connectivity index (χ0) is 11.1. The zero-order valence-electron chi connectivity index (χ0n) is 9.45. The van der Waals surface area contributed by atoms with E-state index in [0.29, 0.717) is 26.1 Å². The first-order valence-corrected chi connectivity index (χ1v) is 5.65. The molecule has 1 unspecified atom stereocenters. The van der Waals surface area contributed by atoms with Crippen molar-refractivity contribution in [1.82, 2.24) is 4.90 Å². The minimum absolute atomic E-state index is 0.0399. The lowest BCUT2D eigenvalue weighted by Gasteiger charge is -2.48. The van der Waals surface area contributed by atoms with E-state index >= 15 is 0 Å². The quantitative estimate of drug-likeness (QED) is 0.728. The Morgan fingerprint density at radius 1 is 1.53 bits per heavy atom. The SMILES string of the molecule is CCC1(O)CN(C(=O)C2(C)CCCO2)C1. The van der Waals surface area contributed by atoms with E-state index < -0.39 is 11.2 Å². The highest BCUT2D eigenvalue weighted by molar-refractivity contribution is 5.86. The summed E-state index contributed by atoms with van der Waals surface area (Å²) in [6.07, 6.45) is 2.45. The van der Waals surface area contributed by atoms with Gasteiger partial charge in [0.15, 0.2) is 0 Å². The molecule has 2 rings (SSSR count). The van der Waals surface area contributed by atoms with Crippen LogP contribution < -0.4 is 0 Å². The maximum atomic E-state index is 12.0. The number of likely N-dealkylation sites (tertiary alicyclic amines) is 1. The average molecular weight is 213 g/mol. The number of hydrogen-bond acceptors (Lipinski definition) is 3. The summed E-state index contributed by atoms with van der Waals surface area (Å²) in [5.41, 5.74) is -1.28. The van der Waals surface area contributed by atoms with Crippen molar-refractivity contribution in [2.45, 2.75) is 44.3 Å². The fourth-order valence-corrected chi connectivity index (χ4v) is 2.31. The Labute approximate surface area is 90.2 Å². The normalized spacial score (nSPS) is 33.9. The van der Waals surface area contributed by atoms with Crippen molar-refractivity contribution in [3.8, 4) is 0 Å². The van der Waals surface area contributed by atoms with Gasteiger partial charge in [-0.3, -0.25) is 4.79 Å². The van der Waals surface area contributed by atoms with Gasteiger partial charge < -0.3 is 14.7 Å².